The number of phenols is 1. The zero-order valence-electron chi connectivity index (χ0n) is 40.3. The number of aryl methyl sites for hydroxylation is 1. The van der Waals surface area contributed by atoms with Crippen LogP contribution in [0.4, 0.5) is 0 Å². The van der Waals surface area contributed by atoms with Gasteiger partial charge in [-0.15, -0.1) is 23.8 Å². The van der Waals surface area contributed by atoms with Crippen LogP contribution in [0.1, 0.15) is 87.0 Å². The summed E-state index contributed by atoms with van der Waals surface area (Å²) in [5.74, 6) is 0.135. The van der Waals surface area contributed by atoms with Crippen molar-refractivity contribution in [1.29, 1.82) is 0 Å². The van der Waals surface area contributed by atoms with Crippen LogP contribution < -0.4 is 0 Å². The third-order valence-electron chi connectivity index (χ3n) is 11.8. The third-order valence-corrected chi connectivity index (χ3v) is 11.8. The first kappa shape index (κ1) is 38.3. The molecule has 4 nitrogen and oxygen atoms in total. The van der Waals surface area contributed by atoms with Crippen molar-refractivity contribution in [2.75, 3.05) is 0 Å². The smallest absolute Gasteiger partial charge is 0.148 e. The van der Waals surface area contributed by atoms with Gasteiger partial charge in [0.15, 0.2) is 0 Å². The molecule has 0 spiro atoms. The Balaban J connectivity index is 0.00000608. The zero-order chi connectivity index (χ0) is 46.5. The van der Waals surface area contributed by atoms with Gasteiger partial charge in [-0.1, -0.05) is 173 Å². The molecule has 0 bridgehead atoms. The maximum Gasteiger partial charge on any atom is 0.148 e. The minimum atomic E-state index is -2.43. The van der Waals surface area contributed by atoms with Crippen molar-refractivity contribution in [3.63, 3.8) is 0 Å². The van der Waals surface area contributed by atoms with E-state index in [9.17, 15) is 5.11 Å². The van der Waals surface area contributed by atoms with Crippen LogP contribution >= 0.6 is 0 Å². The second kappa shape index (κ2) is 18.2. The van der Waals surface area contributed by atoms with Crippen LogP contribution in [0.3, 0.4) is 0 Å². The number of aromatic hydroxyl groups is 1. The maximum atomic E-state index is 12.2. The SMILES string of the molecule is [2H]C([2H])([2H])c1cc(-n2c(-c3cc(C(C)C)cc(C(C)C)c3O)nc3c(-c4[c-]c(-c5cc(-c6ccc(C([2H])(C)C)cc6)ccn5)cc(-c5ccccc5)c4)cccc32)ccc1-c1ccccc1.[Pt]. The van der Waals surface area contributed by atoms with E-state index in [1.165, 1.54) is 0 Å². The van der Waals surface area contributed by atoms with Gasteiger partial charge in [-0.2, -0.15) is 0 Å². The molecular weight excluding hydrogens is 950 g/mol. The molecule has 63 heavy (non-hydrogen) atoms. The quantitative estimate of drug-likeness (QED) is 0.139. The second-order valence-corrected chi connectivity index (χ2v) is 16.9. The van der Waals surface area contributed by atoms with E-state index in [-0.39, 0.29) is 44.2 Å². The number of para-hydroxylation sites is 1. The number of hydrogen-bond donors (Lipinski definition) is 1. The molecule has 5 heteroatoms. The number of imidazole rings is 1. The van der Waals surface area contributed by atoms with Gasteiger partial charge in [-0.3, -0.25) is 9.55 Å². The van der Waals surface area contributed by atoms with Gasteiger partial charge in [0, 0.05) is 44.1 Å². The Labute approximate surface area is 392 Å². The normalized spacial score (nSPS) is 12.8. The molecular formula is C58H52N3OPt-. The standard InChI is InChI=1S/C58H52N3O.Pt/c1-36(2)40-21-23-42(24-22-40)44-27-28-59-54(35-44)48-31-46(41-15-10-8-11-16-41)30-47(32-48)51-19-14-20-55-56(51)60-58(53-34-45(37(3)4)33-52(38(5)6)57(53)62)61(55)49-25-26-50(39(7)29-49)43-17-12-9-13-18-43;/h8-31,33-38,62H,1-7H3;/q-1;/i7D3,36D;. The van der Waals surface area contributed by atoms with Crippen LogP contribution in [0.2, 0.25) is 0 Å². The van der Waals surface area contributed by atoms with Crippen molar-refractivity contribution < 1.29 is 31.7 Å². The summed E-state index contributed by atoms with van der Waals surface area (Å²) in [5, 5.41) is 12.2. The summed E-state index contributed by atoms with van der Waals surface area (Å²) in [7, 11) is 0. The first-order valence-electron chi connectivity index (χ1n) is 23.3. The fourth-order valence-electron chi connectivity index (χ4n) is 8.33. The van der Waals surface area contributed by atoms with Crippen molar-refractivity contribution in [2.45, 2.75) is 66.1 Å². The minimum Gasteiger partial charge on any atom is -0.507 e. The summed E-state index contributed by atoms with van der Waals surface area (Å²) < 4.78 is 36.7. The van der Waals surface area contributed by atoms with Gasteiger partial charge >= 0.3 is 0 Å². The average Bonchev–Trinajstić information content (AvgIpc) is 3.71. The Morgan fingerprint density at radius 2 is 1.29 bits per heavy atom. The number of fused-ring (bicyclic) bond motifs is 1. The molecule has 1 N–H and O–H groups in total. The molecule has 2 aromatic heterocycles. The Bertz CT molecular complexity index is 3230. The Morgan fingerprint density at radius 1 is 0.587 bits per heavy atom. The number of benzene rings is 7. The van der Waals surface area contributed by atoms with E-state index in [1.807, 2.05) is 128 Å². The first-order chi connectivity index (χ1) is 31.5. The molecule has 9 aromatic rings. The van der Waals surface area contributed by atoms with Gasteiger partial charge in [-0.05, 0) is 105 Å². The van der Waals surface area contributed by atoms with Gasteiger partial charge in [-0.25, -0.2) is 4.98 Å². The van der Waals surface area contributed by atoms with Crippen LogP contribution in [-0.4, -0.2) is 19.6 Å². The molecule has 0 aliphatic carbocycles. The van der Waals surface area contributed by atoms with Crippen LogP contribution in [-0.2, 0) is 21.1 Å². The molecule has 0 amide bonds. The predicted molar refractivity (Wildman–Crippen MR) is 259 cm³/mol. The number of hydrogen-bond acceptors (Lipinski definition) is 3. The molecule has 0 aliphatic heterocycles. The topological polar surface area (TPSA) is 50.9 Å². The van der Waals surface area contributed by atoms with Gasteiger partial charge < -0.3 is 5.11 Å². The maximum absolute atomic E-state index is 12.2. The van der Waals surface area contributed by atoms with E-state index < -0.39 is 12.7 Å². The van der Waals surface area contributed by atoms with Crippen LogP contribution in [0, 0.1) is 12.9 Å². The summed E-state index contributed by atoms with van der Waals surface area (Å²) in [5.41, 5.74) is 14.3. The van der Waals surface area contributed by atoms with Crippen molar-refractivity contribution >= 4 is 11.0 Å². The number of aromatic nitrogens is 3. The zero-order valence-corrected chi connectivity index (χ0v) is 38.6. The van der Waals surface area contributed by atoms with Crippen molar-refractivity contribution in [3.05, 3.63) is 192 Å². The van der Waals surface area contributed by atoms with Crippen molar-refractivity contribution in [1.82, 2.24) is 14.5 Å². The number of nitrogens with zero attached hydrogens (tertiary/aromatic N) is 3. The molecule has 0 saturated carbocycles. The van der Waals surface area contributed by atoms with Crippen LogP contribution in [0.25, 0.3) is 83.9 Å². The number of pyridine rings is 1. The Morgan fingerprint density at radius 3 is 1.97 bits per heavy atom. The van der Waals surface area contributed by atoms with E-state index in [0.29, 0.717) is 28.2 Å². The molecule has 0 saturated heterocycles. The predicted octanol–water partition coefficient (Wildman–Crippen LogP) is 15.6. The van der Waals surface area contributed by atoms with E-state index in [2.05, 4.69) is 82.3 Å². The van der Waals surface area contributed by atoms with E-state index >= 15 is 0 Å². The summed E-state index contributed by atoms with van der Waals surface area (Å²) in [6, 6.07) is 55.8. The summed E-state index contributed by atoms with van der Waals surface area (Å²) in [4.78, 5) is 10.3. The molecule has 0 fully saturated rings. The van der Waals surface area contributed by atoms with E-state index in [1.54, 1.807) is 6.07 Å². The Hall–Kier alpha value is -6.35. The van der Waals surface area contributed by atoms with Crippen LogP contribution in [0.15, 0.2) is 164 Å². The summed E-state index contributed by atoms with van der Waals surface area (Å²) in [6.07, 6.45) is 1.82. The van der Waals surface area contributed by atoms with Gasteiger partial charge in [0.1, 0.15) is 11.6 Å². The molecule has 0 radical (unpaired) electrons. The fraction of sp³-hybridized carbons (Fsp3) is 0.172. The Kier molecular flexibility index (Phi) is 11.1. The van der Waals surface area contributed by atoms with Crippen molar-refractivity contribution in [2.24, 2.45) is 0 Å². The van der Waals surface area contributed by atoms with Crippen molar-refractivity contribution in [3.8, 4) is 78.6 Å². The molecule has 0 unspecified atom stereocenters. The molecule has 316 valence electrons. The largest absolute Gasteiger partial charge is 0.507 e. The molecule has 0 aliphatic rings. The monoisotopic (exact) mass is 1010 g/mol. The molecule has 9 rings (SSSR count). The second-order valence-electron chi connectivity index (χ2n) is 16.9. The minimum absolute atomic E-state index is 0. The summed E-state index contributed by atoms with van der Waals surface area (Å²) >= 11 is 0. The van der Waals surface area contributed by atoms with Gasteiger partial charge in [0.25, 0.3) is 0 Å². The number of phenolic OH excluding ortho intramolecular Hbond substituents is 1. The first-order valence-corrected chi connectivity index (χ1v) is 21.3. The third kappa shape index (κ3) is 8.58. The molecule has 7 aromatic carbocycles. The van der Waals surface area contributed by atoms with E-state index in [0.717, 1.165) is 72.4 Å². The van der Waals surface area contributed by atoms with Crippen LogP contribution in [0.5, 0.6) is 5.75 Å². The average molecular weight is 1010 g/mol. The van der Waals surface area contributed by atoms with Gasteiger partial charge in [0.05, 0.1) is 16.6 Å². The fourth-order valence-corrected chi connectivity index (χ4v) is 8.33. The number of rotatable bonds is 10. The van der Waals surface area contributed by atoms with E-state index in [4.69, 9.17) is 15.5 Å². The molecule has 2 heterocycles. The molecule has 0 atom stereocenters. The van der Waals surface area contributed by atoms with Gasteiger partial charge in [0.2, 0.25) is 0 Å². The summed E-state index contributed by atoms with van der Waals surface area (Å²) in [6.45, 7) is 9.78.